The van der Waals surface area contributed by atoms with Gasteiger partial charge in [-0.2, -0.15) is 0 Å². The Morgan fingerprint density at radius 3 is 3.00 bits per heavy atom. The van der Waals surface area contributed by atoms with Crippen LogP contribution in [0.3, 0.4) is 0 Å². The third-order valence-electron chi connectivity index (χ3n) is 3.30. The van der Waals surface area contributed by atoms with Crippen LogP contribution in [0.25, 0.3) is 5.57 Å². The zero-order chi connectivity index (χ0) is 14.2. The van der Waals surface area contributed by atoms with Crippen LogP contribution in [0.4, 0.5) is 0 Å². The molecule has 0 aromatic carbocycles. The minimum atomic E-state index is 0.813. The summed E-state index contributed by atoms with van der Waals surface area (Å²) in [6.45, 7) is 1.92. The monoisotopic (exact) mass is 265 g/mol. The number of hydrogen-bond acceptors (Lipinski definition) is 2. The molecule has 1 aromatic rings. The van der Waals surface area contributed by atoms with Crippen molar-refractivity contribution in [2.75, 3.05) is 0 Å². The molecule has 102 valence electrons. The summed E-state index contributed by atoms with van der Waals surface area (Å²) in [5.74, 6) is 0. The Morgan fingerprint density at radius 1 is 1.35 bits per heavy atom. The summed E-state index contributed by atoms with van der Waals surface area (Å²) in [5, 5.41) is 0. The van der Waals surface area contributed by atoms with E-state index in [0.717, 1.165) is 24.7 Å². The zero-order valence-electron chi connectivity index (χ0n) is 11.8. The van der Waals surface area contributed by atoms with Crippen LogP contribution in [0, 0.1) is 0 Å². The fraction of sp³-hybridized carbons (Fsp3) is 0.222. The van der Waals surface area contributed by atoms with E-state index in [4.69, 9.17) is 0 Å². The van der Waals surface area contributed by atoms with Crippen LogP contribution in [0.1, 0.15) is 31.7 Å². The molecule has 2 heteroatoms. The molecule has 1 heterocycles. The Labute approximate surface area is 120 Å². The van der Waals surface area contributed by atoms with Crippen LogP contribution in [0.2, 0.25) is 0 Å². The third-order valence-corrected chi connectivity index (χ3v) is 3.30. The third kappa shape index (κ3) is 4.16. The second-order valence-electron chi connectivity index (χ2n) is 4.91. The van der Waals surface area contributed by atoms with Crippen molar-refractivity contribution >= 4 is 11.9 Å². The SMILES string of the molecule is CC(/C=C/C=C1/C=C(c2cccnc2)CCC1)=C\C=O. The highest BCUT2D eigenvalue weighted by molar-refractivity contribution is 5.69. The molecule has 0 N–H and O–H groups in total. The highest BCUT2D eigenvalue weighted by Crippen LogP contribution is 2.29. The number of allylic oxidation sites excluding steroid dienone is 8. The topological polar surface area (TPSA) is 30.0 Å². The van der Waals surface area contributed by atoms with Crippen LogP contribution in [-0.2, 0) is 4.79 Å². The van der Waals surface area contributed by atoms with Crippen LogP contribution < -0.4 is 0 Å². The molecule has 0 unspecified atom stereocenters. The Bertz CT molecular complexity index is 577. The van der Waals surface area contributed by atoms with Crippen molar-refractivity contribution in [3.8, 4) is 0 Å². The van der Waals surface area contributed by atoms with Gasteiger partial charge in [0.05, 0.1) is 0 Å². The molecule has 2 nitrogen and oxygen atoms in total. The molecule has 0 radical (unpaired) electrons. The van der Waals surface area contributed by atoms with Gasteiger partial charge in [-0.3, -0.25) is 9.78 Å². The molecule has 0 aliphatic heterocycles. The maximum absolute atomic E-state index is 10.3. The number of aromatic nitrogens is 1. The standard InChI is InChI=1S/C18H19NO/c1-15(10-12-20)5-2-6-16-7-3-8-17(13-16)18-9-4-11-19-14-18/h2,4-6,9-14H,3,7-8H2,1H3/b5-2+,15-10+,16-6+. The quantitative estimate of drug-likeness (QED) is 0.462. The lowest BCUT2D eigenvalue weighted by Gasteiger charge is -2.14. The van der Waals surface area contributed by atoms with Crippen LogP contribution >= 0.6 is 0 Å². The Morgan fingerprint density at radius 2 is 2.25 bits per heavy atom. The van der Waals surface area contributed by atoms with E-state index in [0.29, 0.717) is 0 Å². The molecule has 0 saturated heterocycles. The van der Waals surface area contributed by atoms with Gasteiger partial charge in [0.1, 0.15) is 6.29 Å². The van der Waals surface area contributed by atoms with Crippen LogP contribution in [0.5, 0.6) is 0 Å². The van der Waals surface area contributed by atoms with E-state index in [-0.39, 0.29) is 0 Å². The average Bonchev–Trinajstić information content (AvgIpc) is 2.49. The van der Waals surface area contributed by atoms with Crippen molar-refractivity contribution in [2.24, 2.45) is 0 Å². The second-order valence-corrected chi connectivity index (χ2v) is 4.91. The summed E-state index contributed by atoms with van der Waals surface area (Å²) in [4.78, 5) is 14.5. The van der Waals surface area contributed by atoms with Gasteiger partial charge >= 0.3 is 0 Å². The number of carbonyl (C=O) groups excluding carboxylic acids is 1. The fourth-order valence-electron chi connectivity index (χ4n) is 2.25. The Hall–Kier alpha value is -2.22. The minimum absolute atomic E-state index is 0.813. The molecule has 0 amide bonds. The summed E-state index contributed by atoms with van der Waals surface area (Å²) in [5.41, 5.74) is 4.85. The first-order valence-corrected chi connectivity index (χ1v) is 6.90. The number of pyridine rings is 1. The predicted molar refractivity (Wildman–Crippen MR) is 83.1 cm³/mol. The first-order valence-electron chi connectivity index (χ1n) is 6.90. The van der Waals surface area contributed by atoms with E-state index >= 15 is 0 Å². The molecule has 2 rings (SSSR count). The van der Waals surface area contributed by atoms with Gasteiger partial charge in [0.15, 0.2) is 0 Å². The minimum Gasteiger partial charge on any atom is -0.299 e. The summed E-state index contributed by atoms with van der Waals surface area (Å²) < 4.78 is 0. The van der Waals surface area contributed by atoms with Crippen molar-refractivity contribution in [3.63, 3.8) is 0 Å². The molecular formula is C18H19NO. The van der Waals surface area contributed by atoms with Crippen molar-refractivity contribution in [2.45, 2.75) is 26.2 Å². The fourth-order valence-corrected chi connectivity index (χ4v) is 2.25. The molecular weight excluding hydrogens is 246 g/mol. The van der Waals surface area contributed by atoms with Gasteiger partial charge in [-0.15, -0.1) is 0 Å². The van der Waals surface area contributed by atoms with Gasteiger partial charge in [-0.25, -0.2) is 0 Å². The molecule has 0 fully saturated rings. The number of carbonyl (C=O) groups is 1. The molecule has 20 heavy (non-hydrogen) atoms. The van der Waals surface area contributed by atoms with Gasteiger partial charge in [0.25, 0.3) is 0 Å². The second kappa shape index (κ2) is 7.39. The van der Waals surface area contributed by atoms with Gasteiger partial charge in [0, 0.05) is 12.4 Å². The highest BCUT2D eigenvalue weighted by Gasteiger charge is 2.08. The molecule has 0 saturated carbocycles. The van der Waals surface area contributed by atoms with Gasteiger partial charge in [0.2, 0.25) is 0 Å². The zero-order valence-corrected chi connectivity index (χ0v) is 11.8. The van der Waals surface area contributed by atoms with Crippen LogP contribution in [0.15, 0.2) is 66.1 Å². The summed E-state index contributed by atoms with van der Waals surface area (Å²) in [6, 6.07) is 4.08. The summed E-state index contributed by atoms with van der Waals surface area (Å²) in [6.07, 6.45) is 17.8. The first kappa shape index (κ1) is 14.2. The van der Waals surface area contributed by atoms with Gasteiger partial charge in [-0.05, 0) is 60.6 Å². The van der Waals surface area contributed by atoms with E-state index in [9.17, 15) is 4.79 Å². The number of hydrogen-bond donors (Lipinski definition) is 0. The lowest BCUT2D eigenvalue weighted by molar-refractivity contribution is -0.104. The smallest absolute Gasteiger partial charge is 0.143 e. The van der Waals surface area contributed by atoms with Crippen molar-refractivity contribution in [3.05, 3.63) is 71.6 Å². The van der Waals surface area contributed by atoms with Crippen molar-refractivity contribution in [1.29, 1.82) is 0 Å². The van der Waals surface area contributed by atoms with E-state index in [1.54, 1.807) is 12.3 Å². The van der Waals surface area contributed by atoms with E-state index in [1.165, 1.54) is 23.1 Å². The summed E-state index contributed by atoms with van der Waals surface area (Å²) in [7, 11) is 0. The first-order chi connectivity index (χ1) is 9.79. The molecule has 0 bridgehead atoms. The summed E-state index contributed by atoms with van der Waals surface area (Å²) >= 11 is 0. The molecule has 1 aliphatic carbocycles. The van der Waals surface area contributed by atoms with Crippen molar-refractivity contribution in [1.82, 2.24) is 4.98 Å². The maximum Gasteiger partial charge on any atom is 0.143 e. The highest BCUT2D eigenvalue weighted by atomic mass is 16.1. The number of nitrogens with zero attached hydrogens (tertiary/aromatic N) is 1. The lowest BCUT2D eigenvalue weighted by atomic mass is 9.91. The van der Waals surface area contributed by atoms with Gasteiger partial charge < -0.3 is 0 Å². The van der Waals surface area contributed by atoms with E-state index < -0.39 is 0 Å². The molecule has 0 atom stereocenters. The number of aldehydes is 1. The number of rotatable bonds is 4. The molecule has 1 aliphatic rings. The lowest BCUT2D eigenvalue weighted by Crippen LogP contribution is -1.94. The Balaban J connectivity index is 2.13. The average molecular weight is 265 g/mol. The largest absolute Gasteiger partial charge is 0.299 e. The van der Waals surface area contributed by atoms with E-state index in [1.807, 2.05) is 31.3 Å². The Kier molecular flexibility index (Phi) is 5.24. The predicted octanol–water partition coefficient (Wildman–Crippen LogP) is 4.28. The molecule has 1 aromatic heterocycles. The van der Waals surface area contributed by atoms with Gasteiger partial charge in [-0.1, -0.05) is 30.4 Å². The van der Waals surface area contributed by atoms with Crippen molar-refractivity contribution < 1.29 is 4.79 Å². The molecule has 0 spiro atoms. The normalized spacial score (nSPS) is 18.4. The maximum atomic E-state index is 10.3. The van der Waals surface area contributed by atoms with Crippen LogP contribution in [-0.4, -0.2) is 11.3 Å². The van der Waals surface area contributed by atoms with E-state index in [2.05, 4.69) is 23.2 Å².